The van der Waals surface area contributed by atoms with Crippen molar-refractivity contribution >= 4 is 28.4 Å². The Morgan fingerprint density at radius 1 is 1.10 bits per heavy atom. The van der Waals surface area contributed by atoms with Crippen LogP contribution in [0, 0.1) is 0 Å². The molecule has 12 heteroatoms. The Morgan fingerprint density at radius 2 is 1.66 bits per heavy atom. The van der Waals surface area contributed by atoms with Crippen LogP contribution in [0.25, 0.3) is 11.0 Å². The molecule has 0 radical (unpaired) electrons. The van der Waals surface area contributed by atoms with Crippen LogP contribution in [0.2, 0.25) is 0 Å². The van der Waals surface area contributed by atoms with E-state index in [4.69, 9.17) is 9.29 Å². The smallest absolute Gasteiger partial charge is 0.508 e. The number of aromatic hydroxyl groups is 1. The number of phenols is 1. The van der Waals surface area contributed by atoms with Crippen molar-refractivity contribution in [1.82, 2.24) is 0 Å². The largest absolute Gasteiger partial charge is 1.00 e. The third-order valence-electron chi connectivity index (χ3n) is 2.59. The van der Waals surface area contributed by atoms with E-state index < -0.39 is 34.8 Å². The van der Waals surface area contributed by atoms with Crippen LogP contribution in [0.1, 0.15) is 5.56 Å². The average Bonchev–Trinajstić information content (AvgIpc) is 2.69. The Morgan fingerprint density at radius 3 is 2.14 bits per heavy atom. The molecule has 0 fully saturated rings. The van der Waals surface area contributed by atoms with Gasteiger partial charge in [-0.25, -0.2) is 12.8 Å². The van der Waals surface area contributed by atoms with Crippen molar-refractivity contribution < 1.29 is 86.5 Å². The van der Waals surface area contributed by atoms with E-state index in [1.54, 1.807) is 30.3 Å². The molecule has 29 heavy (non-hydrogen) atoms. The third kappa shape index (κ3) is 12.3. The maximum Gasteiger partial charge on any atom is 1.00 e. The first-order valence-electron chi connectivity index (χ1n) is 7.12. The topological polar surface area (TPSA) is 86.9 Å². The summed E-state index contributed by atoms with van der Waals surface area (Å²) in [5, 5.41) is 9.13. The van der Waals surface area contributed by atoms with Crippen LogP contribution in [0.15, 0.2) is 78.1 Å². The van der Waals surface area contributed by atoms with E-state index in [9.17, 15) is 21.6 Å². The van der Waals surface area contributed by atoms with Crippen molar-refractivity contribution in [3.05, 3.63) is 83.7 Å². The van der Waals surface area contributed by atoms with E-state index in [2.05, 4.69) is 21.5 Å². The van der Waals surface area contributed by atoms with Crippen LogP contribution in [0.4, 0.5) is 13.2 Å². The van der Waals surface area contributed by atoms with Gasteiger partial charge in [-0.2, -0.15) is 8.78 Å². The summed E-state index contributed by atoms with van der Waals surface area (Å²) >= 11 is -4.11. The number of nitrogens with zero attached hydrogens (tertiary/aromatic N) is 1. The molecule has 1 N–H and O–H groups in total. The molecule has 2 atom stereocenters. The summed E-state index contributed by atoms with van der Waals surface area (Å²) in [5.74, 6) is 0.344. The number of hydrogen-bond acceptors (Lipinski definition) is 5. The SMILES string of the molecule is C=C=Cc1ccc(OS(=O)[N-]OS(=O)c2ccc(O)cc2)cc1.FC=C(F)F.[K+]. The first-order chi connectivity index (χ1) is 13.3. The first kappa shape index (κ1) is 27.9. The van der Waals surface area contributed by atoms with Gasteiger partial charge in [-0.3, -0.25) is 0 Å². The van der Waals surface area contributed by atoms with Crippen molar-refractivity contribution in [2.75, 3.05) is 0 Å². The number of rotatable bonds is 7. The molecule has 0 aliphatic heterocycles. The van der Waals surface area contributed by atoms with Gasteiger partial charge in [0.2, 0.25) is 0 Å². The Hall–Kier alpha value is -1.05. The Balaban J connectivity index is 0.00000117. The van der Waals surface area contributed by atoms with Gasteiger partial charge < -0.3 is 18.5 Å². The molecule has 0 aromatic heterocycles. The Kier molecular flexibility index (Phi) is 15.2. The van der Waals surface area contributed by atoms with Crippen LogP contribution < -0.4 is 55.6 Å². The predicted molar refractivity (Wildman–Crippen MR) is 99.2 cm³/mol. The second-order valence-electron chi connectivity index (χ2n) is 4.49. The summed E-state index contributed by atoms with van der Waals surface area (Å²) < 4.78 is 63.7. The molecule has 0 aliphatic rings. The van der Waals surface area contributed by atoms with Gasteiger partial charge in [-0.1, -0.05) is 18.7 Å². The molecule has 150 valence electrons. The van der Waals surface area contributed by atoms with Gasteiger partial charge >= 0.3 is 51.4 Å². The van der Waals surface area contributed by atoms with Gasteiger partial charge in [-0.15, -0.1) is 5.73 Å². The van der Waals surface area contributed by atoms with E-state index in [-0.39, 0.29) is 62.0 Å². The number of halogens is 3. The Labute approximate surface area is 212 Å². The van der Waals surface area contributed by atoms with E-state index in [0.29, 0.717) is 5.75 Å². The minimum Gasteiger partial charge on any atom is -0.508 e. The maximum atomic E-state index is 11.7. The van der Waals surface area contributed by atoms with Gasteiger partial charge in [0.05, 0.1) is 4.90 Å². The van der Waals surface area contributed by atoms with Crippen molar-refractivity contribution in [1.29, 1.82) is 0 Å². The van der Waals surface area contributed by atoms with Crippen molar-refractivity contribution in [3.63, 3.8) is 0 Å². The molecule has 0 amide bonds. The average molecular weight is 472 g/mol. The molecule has 0 bridgehead atoms. The molecule has 2 unspecified atom stereocenters. The van der Waals surface area contributed by atoms with Crippen LogP contribution >= 0.6 is 0 Å². The fraction of sp³-hybridized carbons (Fsp3) is 0. The second-order valence-corrected chi connectivity index (χ2v) is 6.33. The van der Waals surface area contributed by atoms with Gasteiger partial charge in [0, 0.05) is 0 Å². The molecule has 2 rings (SSSR count). The monoisotopic (exact) mass is 471 g/mol. The van der Waals surface area contributed by atoms with E-state index in [0.717, 1.165) is 5.56 Å². The summed E-state index contributed by atoms with van der Waals surface area (Å²) in [7, 11) is 0. The van der Waals surface area contributed by atoms with E-state index in [1.807, 2.05) is 0 Å². The van der Waals surface area contributed by atoms with Gasteiger partial charge in [-0.05, 0) is 48.0 Å². The van der Waals surface area contributed by atoms with Crippen molar-refractivity contribution in [3.8, 4) is 11.5 Å². The number of hydrogen-bond donors (Lipinski definition) is 1. The van der Waals surface area contributed by atoms with E-state index in [1.165, 1.54) is 24.3 Å². The van der Waals surface area contributed by atoms with Crippen LogP contribution in [-0.2, 0) is 26.6 Å². The third-order valence-corrected chi connectivity index (χ3v) is 4.08. The molecule has 0 spiro atoms. The number of phenolic OH excluding ortho intramolecular Hbond substituents is 1. The molecule has 2 aromatic rings. The summed E-state index contributed by atoms with van der Waals surface area (Å²) in [6.07, 6.45) is -1.36. The maximum absolute atomic E-state index is 11.7. The van der Waals surface area contributed by atoms with E-state index >= 15 is 0 Å². The zero-order valence-electron chi connectivity index (χ0n) is 15.0. The first-order valence-corrected chi connectivity index (χ1v) is 9.23. The minimum atomic E-state index is -2.29. The van der Waals surface area contributed by atoms with Crippen LogP contribution in [-0.4, -0.2) is 13.5 Å². The molecule has 0 saturated carbocycles. The number of benzene rings is 2. The molecule has 2 aromatic carbocycles. The second kappa shape index (κ2) is 15.7. The van der Waals surface area contributed by atoms with Gasteiger partial charge in [0.25, 0.3) is 6.08 Å². The van der Waals surface area contributed by atoms with Crippen LogP contribution in [0.5, 0.6) is 11.5 Å². The molecular formula is C17H13F3KNO5S2. The summed E-state index contributed by atoms with van der Waals surface area (Å²) in [6, 6.07) is 12.1. The molecular weight excluding hydrogens is 458 g/mol. The normalized spacial score (nSPS) is 11.4. The zero-order chi connectivity index (χ0) is 20.9. The molecule has 6 nitrogen and oxygen atoms in total. The van der Waals surface area contributed by atoms with Gasteiger partial charge in [0.1, 0.15) is 22.8 Å². The zero-order valence-corrected chi connectivity index (χ0v) is 19.7. The molecule has 0 aliphatic carbocycles. The Bertz CT molecular complexity index is 885. The summed E-state index contributed by atoms with van der Waals surface area (Å²) in [6.45, 7) is 3.46. The quantitative estimate of drug-likeness (QED) is 0.379. The fourth-order valence-corrected chi connectivity index (χ4v) is 2.66. The summed E-state index contributed by atoms with van der Waals surface area (Å²) in [4.78, 5) is 3.50. The van der Waals surface area contributed by atoms with Crippen molar-refractivity contribution in [2.24, 2.45) is 0 Å². The van der Waals surface area contributed by atoms with Gasteiger partial charge in [0.15, 0.2) is 17.4 Å². The van der Waals surface area contributed by atoms with Crippen LogP contribution in [0.3, 0.4) is 0 Å². The fourth-order valence-electron chi connectivity index (χ4n) is 1.49. The molecule has 0 heterocycles. The standard InChI is InChI=1S/C15H12NO5S2.C2HF3.K/c1-2-3-12-4-8-14(9-5-12)20-23(19)16-21-22(18)15-10-6-13(17)7-11-15;3-1-2(4)5;/h3-11,17H,1H2;1H;/q-1;;+1. The minimum absolute atomic E-state index is 0. The van der Waals surface area contributed by atoms with Crippen molar-refractivity contribution in [2.45, 2.75) is 4.90 Å². The summed E-state index contributed by atoms with van der Waals surface area (Å²) in [5.41, 5.74) is 3.49. The predicted octanol–water partition coefficient (Wildman–Crippen LogP) is 1.87. The molecule has 0 saturated heterocycles.